The molecular weight excluding hydrogens is 264 g/mol. The minimum atomic E-state index is -0.833. The third kappa shape index (κ3) is 2.13. The lowest BCUT2D eigenvalue weighted by Crippen LogP contribution is -2.50. The summed E-state index contributed by atoms with van der Waals surface area (Å²) in [6, 6.07) is 15.4. The number of amides is 1. The van der Waals surface area contributed by atoms with E-state index in [1.54, 1.807) is 13.2 Å². The topological polar surface area (TPSA) is 64.3 Å². The SMILES string of the molecule is COC1(c2ccccc2C(N)=O)NCCc2ccccc21. The number of nitrogens with one attached hydrogen (secondary N) is 1. The maximum atomic E-state index is 11.8. The first-order chi connectivity index (χ1) is 10.2. The second kappa shape index (κ2) is 5.31. The van der Waals surface area contributed by atoms with Crippen molar-refractivity contribution in [3.05, 3.63) is 70.8 Å². The molecule has 0 radical (unpaired) electrons. The van der Waals surface area contributed by atoms with E-state index in [-0.39, 0.29) is 0 Å². The monoisotopic (exact) mass is 282 g/mol. The van der Waals surface area contributed by atoms with Gasteiger partial charge in [0.05, 0.1) is 0 Å². The number of hydrogen-bond donors (Lipinski definition) is 2. The molecule has 4 heteroatoms. The van der Waals surface area contributed by atoms with Crippen LogP contribution in [0.15, 0.2) is 48.5 Å². The zero-order valence-electron chi connectivity index (χ0n) is 11.9. The summed E-state index contributed by atoms with van der Waals surface area (Å²) < 4.78 is 5.86. The van der Waals surface area contributed by atoms with E-state index < -0.39 is 11.6 Å². The van der Waals surface area contributed by atoms with E-state index in [9.17, 15) is 4.79 Å². The highest BCUT2D eigenvalue weighted by atomic mass is 16.5. The van der Waals surface area contributed by atoms with Crippen molar-refractivity contribution in [2.45, 2.75) is 12.1 Å². The van der Waals surface area contributed by atoms with Crippen LogP contribution in [0.3, 0.4) is 0 Å². The number of benzene rings is 2. The van der Waals surface area contributed by atoms with Crippen molar-refractivity contribution in [2.24, 2.45) is 5.73 Å². The third-order valence-electron chi connectivity index (χ3n) is 4.04. The molecule has 0 fully saturated rings. The van der Waals surface area contributed by atoms with Gasteiger partial charge < -0.3 is 10.5 Å². The number of ether oxygens (including phenoxy) is 1. The molecule has 108 valence electrons. The number of hydrogen-bond acceptors (Lipinski definition) is 3. The summed E-state index contributed by atoms with van der Waals surface area (Å²) in [5.41, 5.74) is 8.19. The Morgan fingerprint density at radius 1 is 1.14 bits per heavy atom. The molecule has 1 heterocycles. The normalized spacial score (nSPS) is 20.8. The van der Waals surface area contributed by atoms with E-state index in [1.807, 2.05) is 36.4 Å². The number of primary amides is 1. The standard InChI is InChI=1S/C17H18N2O2/c1-21-17(15-9-5-3-7-13(15)16(18)20)14-8-4-2-6-12(14)10-11-19-17/h2-9,19H,10-11H2,1H3,(H2,18,20). The summed E-state index contributed by atoms with van der Waals surface area (Å²) in [6.45, 7) is 0.776. The van der Waals surface area contributed by atoms with E-state index >= 15 is 0 Å². The van der Waals surface area contributed by atoms with Crippen LogP contribution in [-0.4, -0.2) is 19.6 Å². The molecule has 1 aliphatic heterocycles. The van der Waals surface area contributed by atoms with Crippen molar-refractivity contribution in [2.75, 3.05) is 13.7 Å². The van der Waals surface area contributed by atoms with E-state index in [1.165, 1.54) is 5.56 Å². The summed E-state index contributed by atoms with van der Waals surface area (Å²) in [5.74, 6) is -0.452. The molecule has 1 amide bonds. The Hall–Kier alpha value is -2.17. The van der Waals surface area contributed by atoms with E-state index in [0.717, 1.165) is 24.1 Å². The minimum Gasteiger partial charge on any atom is -0.366 e. The van der Waals surface area contributed by atoms with Gasteiger partial charge >= 0.3 is 0 Å². The first-order valence-corrected chi connectivity index (χ1v) is 6.97. The Balaban J connectivity index is 2.26. The van der Waals surface area contributed by atoms with Gasteiger partial charge in [-0.2, -0.15) is 0 Å². The molecule has 2 aromatic rings. The van der Waals surface area contributed by atoms with Crippen molar-refractivity contribution in [1.29, 1.82) is 0 Å². The Morgan fingerprint density at radius 2 is 1.81 bits per heavy atom. The van der Waals surface area contributed by atoms with E-state index in [4.69, 9.17) is 10.5 Å². The number of carbonyl (C=O) groups excluding carboxylic acids is 1. The molecule has 1 unspecified atom stereocenters. The van der Waals surface area contributed by atoms with Crippen molar-refractivity contribution < 1.29 is 9.53 Å². The van der Waals surface area contributed by atoms with Crippen LogP contribution >= 0.6 is 0 Å². The summed E-state index contributed by atoms with van der Waals surface area (Å²) in [7, 11) is 1.65. The van der Waals surface area contributed by atoms with Gasteiger partial charge in [0.2, 0.25) is 5.91 Å². The third-order valence-corrected chi connectivity index (χ3v) is 4.04. The van der Waals surface area contributed by atoms with Gasteiger partial charge in [0.15, 0.2) is 5.72 Å². The van der Waals surface area contributed by atoms with Crippen molar-refractivity contribution in [3.8, 4) is 0 Å². The molecule has 0 saturated carbocycles. The van der Waals surface area contributed by atoms with Crippen molar-refractivity contribution >= 4 is 5.91 Å². The summed E-state index contributed by atoms with van der Waals surface area (Å²) in [5, 5.41) is 3.42. The summed E-state index contributed by atoms with van der Waals surface area (Å²) >= 11 is 0. The Kier molecular flexibility index (Phi) is 3.49. The smallest absolute Gasteiger partial charge is 0.249 e. The first kappa shape index (κ1) is 13.8. The van der Waals surface area contributed by atoms with Crippen molar-refractivity contribution in [3.63, 3.8) is 0 Å². The Labute approximate surface area is 123 Å². The zero-order valence-corrected chi connectivity index (χ0v) is 11.9. The predicted molar refractivity (Wildman–Crippen MR) is 80.9 cm³/mol. The van der Waals surface area contributed by atoms with Crippen LogP contribution in [0.1, 0.15) is 27.0 Å². The molecule has 3 N–H and O–H groups in total. The summed E-state index contributed by atoms with van der Waals surface area (Å²) in [4.78, 5) is 11.8. The minimum absolute atomic E-state index is 0.452. The fourth-order valence-electron chi connectivity index (χ4n) is 3.09. The maximum Gasteiger partial charge on any atom is 0.249 e. The van der Waals surface area contributed by atoms with Gasteiger partial charge in [0.1, 0.15) is 0 Å². The van der Waals surface area contributed by atoms with E-state index in [0.29, 0.717) is 5.56 Å². The van der Waals surface area contributed by atoms with Crippen LogP contribution in [0, 0.1) is 0 Å². The van der Waals surface area contributed by atoms with Gasteiger partial charge in [-0.1, -0.05) is 42.5 Å². The molecule has 0 saturated heterocycles. The van der Waals surface area contributed by atoms with Crippen LogP contribution in [0.25, 0.3) is 0 Å². The maximum absolute atomic E-state index is 11.8. The van der Waals surface area contributed by atoms with Crippen LogP contribution < -0.4 is 11.1 Å². The average molecular weight is 282 g/mol. The lowest BCUT2D eigenvalue weighted by molar-refractivity contribution is -0.0140. The molecule has 0 aliphatic carbocycles. The van der Waals surface area contributed by atoms with Crippen molar-refractivity contribution in [1.82, 2.24) is 5.32 Å². The van der Waals surface area contributed by atoms with Gasteiger partial charge in [0, 0.05) is 30.3 Å². The fraction of sp³-hybridized carbons (Fsp3) is 0.235. The molecule has 1 aliphatic rings. The zero-order chi connectivity index (χ0) is 14.9. The van der Waals surface area contributed by atoms with Crippen LogP contribution in [-0.2, 0) is 16.9 Å². The highest BCUT2D eigenvalue weighted by Crippen LogP contribution is 2.37. The Bertz CT molecular complexity index is 684. The van der Waals surface area contributed by atoms with Crippen LogP contribution in [0.4, 0.5) is 0 Å². The summed E-state index contributed by atoms with van der Waals surface area (Å²) in [6.07, 6.45) is 0.931. The number of rotatable bonds is 3. The lowest BCUT2D eigenvalue weighted by Gasteiger charge is -2.40. The van der Waals surface area contributed by atoms with Crippen LogP contribution in [0.5, 0.6) is 0 Å². The molecule has 2 aromatic carbocycles. The molecule has 0 aromatic heterocycles. The van der Waals surface area contributed by atoms with Gasteiger partial charge in [-0.3, -0.25) is 10.1 Å². The Morgan fingerprint density at radius 3 is 2.52 bits per heavy atom. The molecule has 1 atom stereocenters. The number of carbonyl (C=O) groups is 1. The molecule has 0 spiro atoms. The number of fused-ring (bicyclic) bond motifs is 1. The number of methoxy groups -OCH3 is 1. The average Bonchev–Trinajstić information content (AvgIpc) is 2.54. The molecular formula is C17H18N2O2. The van der Waals surface area contributed by atoms with Gasteiger partial charge in [-0.15, -0.1) is 0 Å². The predicted octanol–water partition coefficient (Wildman–Crippen LogP) is 1.78. The quantitative estimate of drug-likeness (QED) is 0.902. The van der Waals surface area contributed by atoms with Gasteiger partial charge in [-0.05, 0) is 18.1 Å². The highest BCUT2D eigenvalue weighted by molar-refractivity contribution is 5.94. The molecule has 4 nitrogen and oxygen atoms in total. The second-order valence-corrected chi connectivity index (χ2v) is 5.13. The first-order valence-electron chi connectivity index (χ1n) is 6.97. The lowest BCUT2D eigenvalue weighted by atomic mass is 9.84. The van der Waals surface area contributed by atoms with Crippen LogP contribution in [0.2, 0.25) is 0 Å². The van der Waals surface area contributed by atoms with Gasteiger partial charge in [-0.25, -0.2) is 0 Å². The van der Waals surface area contributed by atoms with E-state index in [2.05, 4.69) is 11.4 Å². The second-order valence-electron chi connectivity index (χ2n) is 5.13. The van der Waals surface area contributed by atoms with Gasteiger partial charge in [0.25, 0.3) is 0 Å². The molecule has 21 heavy (non-hydrogen) atoms. The number of nitrogens with two attached hydrogens (primary N) is 1. The fourth-order valence-corrected chi connectivity index (χ4v) is 3.09. The largest absolute Gasteiger partial charge is 0.366 e. The highest BCUT2D eigenvalue weighted by Gasteiger charge is 2.40. The molecule has 3 rings (SSSR count). The molecule has 0 bridgehead atoms.